The summed E-state index contributed by atoms with van der Waals surface area (Å²) < 4.78 is 5.19. The number of likely N-dealkylation sites (tertiary alicyclic amines) is 1. The maximum atomic E-state index is 12.7. The van der Waals surface area contributed by atoms with Crippen LogP contribution in [0.15, 0.2) is 22.8 Å². The van der Waals surface area contributed by atoms with Crippen molar-refractivity contribution >= 4 is 23.6 Å². The summed E-state index contributed by atoms with van der Waals surface area (Å²) in [6, 6.07) is 3.23. The highest BCUT2D eigenvalue weighted by molar-refractivity contribution is 7.99. The molecular formula is C17H24N2O3S. The Morgan fingerprint density at radius 3 is 2.96 bits per heavy atom. The van der Waals surface area contributed by atoms with Crippen LogP contribution in [-0.2, 0) is 4.79 Å². The van der Waals surface area contributed by atoms with Crippen LogP contribution in [-0.4, -0.2) is 46.3 Å². The van der Waals surface area contributed by atoms with Crippen molar-refractivity contribution in [2.75, 3.05) is 12.3 Å². The molecule has 2 aliphatic rings. The fourth-order valence-corrected chi connectivity index (χ4v) is 4.81. The summed E-state index contributed by atoms with van der Waals surface area (Å²) >= 11 is 1.93. The molecule has 0 radical (unpaired) electrons. The van der Waals surface area contributed by atoms with Gasteiger partial charge in [-0.15, -0.1) is 0 Å². The molecule has 2 unspecified atom stereocenters. The second-order valence-corrected chi connectivity index (χ2v) is 7.69. The third-order valence-corrected chi connectivity index (χ3v) is 6.03. The Morgan fingerprint density at radius 1 is 1.35 bits per heavy atom. The molecule has 3 atom stereocenters. The van der Waals surface area contributed by atoms with Gasteiger partial charge in [-0.25, -0.2) is 0 Å². The maximum absolute atomic E-state index is 12.7. The van der Waals surface area contributed by atoms with Crippen LogP contribution in [0.2, 0.25) is 0 Å². The van der Waals surface area contributed by atoms with E-state index in [1.807, 2.05) is 11.8 Å². The molecule has 0 aromatic carbocycles. The molecule has 6 heteroatoms. The summed E-state index contributed by atoms with van der Waals surface area (Å²) in [6.45, 7) is 2.78. The second kappa shape index (κ2) is 7.43. The van der Waals surface area contributed by atoms with Crippen LogP contribution < -0.4 is 5.32 Å². The normalized spacial score (nSPS) is 27.3. The van der Waals surface area contributed by atoms with Crippen molar-refractivity contribution in [2.45, 2.75) is 56.4 Å². The number of carbonyl (C=O) groups is 2. The Morgan fingerprint density at radius 2 is 2.22 bits per heavy atom. The zero-order chi connectivity index (χ0) is 16.2. The van der Waals surface area contributed by atoms with Crippen LogP contribution in [0.25, 0.3) is 0 Å². The number of nitrogens with zero attached hydrogens (tertiary/aromatic N) is 1. The van der Waals surface area contributed by atoms with E-state index in [4.69, 9.17) is 4.42 Å². The van der Waals surface area contributed by atoms with Gasteiger partial charge < -0.3 is 14.6 Å². The van der Waals surface area contributed by atoms with Gasteiger partial charge in [0.05, 0.1) is 6.26 Å². The van der Waals surface area contributed by atoms with Gasteiger partial charge >= 0.3 is 0 Å². The molecule has 1 aliphatic heterocycles. The van der Waals surface area contributed by atoms with Crippen LogP contribution in [0, 0.1) is 0 Å². The average molecular weight is 336 g/mol. The van der Waals surface area contributed by atoms with E-state index in [1.165, 1.54) is 19.1 Å². The largest absolute Gasteiger partial charge is 0.459 e. The SMILES string of the molecule is CCSC1CCCC1NC(=O)[C@@H]1CCCN1C(=O)c1ccco1. The van der Waals surface area contributed by atoms with Crippen molar-refractivity contribution in [3.05, 3.63) is 24.2 Å². The number of thioether (sulfide) groups is 1. The standard InChI is InChI=1S/C17H24N2O3S/c1-2-23-15-9-3-6-12(15)18-16(20)13-7-4-10-19(13)17(21)14-8-5-11-22-14/h5,8,11-13,15H,2-4,6-7,9-10H2,1H3,(H,18,20)/t12?,13-,15?/m0/s1. The van der Waals surface area contributed by atoms with Gasteiger partial charge in [-0.1, -0.05) is 13.3 Å². The Labute approximate surface area is 141 Å². The molecule has 1 aliphatic carbocycles. The maximum Gasteiger partial charge on any atom is 0.290 e. The second-order valence-electron chi connectivity index (χ2n) is 6.17. The molecule has 2 fully saturated rings. The lowest BCUT2D eigenvalue weighted by atomic mass is 10.1. The van der Waals surface area contributed by atoms with Gasteiger partial charge in [0.15, 0.2) is 5.76 Å². The molecule has 23 heavy (non-hydrogen) atoms. The van der Waals surface area contributed by atoms with Crippen molar-refractivity contribution in [3.8, 4) is 0 Å². The lowest BCUT2D eigenvalue weighted by Crippen LogP contribution is -2.50. The van der Waals surface area contributed by atoms with Gasteiger partial charge in [0.1, 0.15) is 6.04 Å². The molecule has 2 heterocycles. The minimum Gasteiger partial charge on any atom is -0.459 e. The molecule has 1 saturated heterocycles. The van der Waals surface area contributed by atoms with Crippen LogP contribution in [0.4, 0.5) is 0 Å². The zero-order valence-corrected chi connectivity index (χ0v) is 14.3. The Balaban J connectivity index is 1.63. The minimum absolute atomic E-state index is 0.00370. The van der Waals surface area contributed by atoms with Crippen LogP contribution >= 0.6 is 11.8 Å². The van der Waals surface area contributed by atoms with Crippen LogP contribution in [0.5, 0.6) is 0 Å². The van der Waals surface area contributed by atoms with Crippen molar-refractivity contribution in [3.63, 3.8) is 0 Å². The number of amides is 2. The molecule has 0 spiro atoms. The van der Waals surface area contributed by atoms with E-state index in [2.05, 4.69) is 12.2 Å². The third kappa shape index (κ3) is 3.57. The predicted octanol–water partition coefficient (Wildman–Crippen LogP) is 2.67. The lowest BCUT2D eigenvalue weighted by Gasteiger charge is -2.26. The van der Waals surface area contributed by atoms with E-state index in [0.717, 1.165) is 25.0 Å². The first-order valence-electron chi connectivity index (χ1n) is 8.47. The summed E-state index contributed by atoms with van der Waals surface area (Å²) in [4.78, 5) is 26.8. The number of carbonyl (C=O) groups excluding carboxylic acids is 2. The third-order valence-electron chi connectivity index (χ3n) is 4.71. The zero-order valence-electron chi connectivity index (χ0n) is 13.5. The molecule has 3 rings (SSSR count). The molecular weight excluding hydrogens is 312 g/mol. The van der Waals surface area contributed by atoms with Crippen molar-refractivity contribution in [2.24, 2.45) is 0 Å². The quantitative estimate of drug-likeness (QED) is 0.898. The number of furan rings is 1. The molecule has 126 valence electrons. The Kier molecular flexibility index (Phi) is 5.30. The van der Waals surface area contributed by atoms with Gasteiger partial charge in [0.2, 0.25) is 5.91 Å². The molecule has 1 aromatic rings. The topological polar surface area (TPSA) is 62.6 Å². The number of hydrogen-bond acceptors (Lipinski definition) is 4. The molecule has 1 aromatic heterocycles. The van der Waals surface area contributed by atoms with E-state index in [-0.39, 0.29) is 23.9 Å². The van der Waals surface area contributed by atoms with Gasteiger partial charge in [-0.3, -0.25) is 9.59 Å². The van der Waals surface area contributed by atoms with Gasteiger partial charge in [-0.2, -0.15) is 11.8 Å². The van der Waals surface area contributed by atoms with Gasteiger partial charge in [0, 0.05) is 17.8 Å². The lowest BCUT2D eigenvalue weighted by molar-refractivity contribution is -0.125. The van der Waals surface area contributed by atoms with Crippen molar-refractivity contribution < 1.29 is 14.0 Å². The van der Waals surface area contributed by atoms with E-state index < -0.39 is 0 Å². The Hall–Kier alpha value is -1.43. The summed E-state index contributed by atoms with van der Waals surface area (Å²) in [5.41, 5.74) is 0. The fourth-order valence-electron chi connectivity index (χ4n) is 3.61. The highest BCUT2D eigenvalue weighted by atomic mass is 32.2. The van der Waals surface area contributed by atoms with E-state index in [9.17, 15) is 9.59 Å². The minimum atomic E-state index is -0.361. The van der Waals surface area contributed by atoms with Crippen LogP contribution in [0.3, 0.4) is 0 Å². The first-order valence-corrected chi connectivity index (χ1v) is 9.52. The van der Waals surface area contributed by atoms with Gasteiger partial charge in [0.25, 0.3) is 5.91 Å². The number of rotatable bonds is 5. The van der Waals surface area contributed by atoms with Crippen molar-refractivity contribution in [1.82, 2.24) is 10.2 Å². The number of hydrogen-bond donors (Lipinski definition) is 1. The fraction of sp³-hybridized carbons (Fsp3) is 0.647. The first-order chi connectivity index (χ1) is 11.2. The van der Waals surface area contributed by atoms with Gasteiger partial charge in [-0.05, 0) is 43.6 Å². The summed E-state index contributed by atoms with van der Waals surface area (Å²) in [7, 11) is 0. The molecule has 5 nitrogen and oxygen atoms in total. The average Bonchev–Trinajstić information content (AvgIpc) is 3.29. The highest BCUT2D eigenvalue weighted by Crippen LogP contribution is 2.30. The molecule has 2 amide bonds. The molecule has 0 bridgehead atoms. The summed E-state index contributed by atoms with van der Waals surface area (Å²) in [5.74, 6) is 1.20. The summed E-state index contributed by atoms with van der Waals surface area (Å²) in [6.07, 6.45) is 6.47. The monoisotopic (exact) mass is 336 g/mol. The van der Waals surface area contributed by atoms with E-state index in [1.54, 1.807) is 17.0 Å². The highest BCUT2D eigenvalue weighted by Gasteiger charge is 2.37. The summed E-state index contributed by atoms with van der Waals surface area (Å²) in [5, 5.41) is 3.72. The van der Waals surface area contributed by atoms with E-state index in [0.29, 0.717) is 17.6 Å². The van der Waals surface area contributed by atoms with Crippen molar-refractivity contribution in [1.29, 1.82) is 0 Å². The Bertz CT molecular complexity index is 546. The number of nitrogens with one attached hydrogen (secondary N) is 1. The van der Waals surface area contributed by atoms with Crippen LogP contribution in [0.1, 0.15) is 49.6 Å². The first kappa shape index (κ1) is 16.4. The molecule has 1 N–H and O–H groups in total. The predicted molar refractivity (Wildman–Crippen MR) is 90.5 cm³/mol. The van der Waals surface area contributed by atoms with E-state index >= 15 is 0 Å². The molecule has 1 saturated carbocycles. The smallest absolute Gasteiger partial charge is 0.290 e.